The molecule has 0 aromatic heterocycles. The smallest absolute Gasteiger partial charge is 0.373 e. The van der Waals surface area contributed by atoms with Crippen molar-refractivity contribution in [3.8, 4) is 0 Å². The molecule has 0 fully saturated rings. The van der Waals surface area contributed by atoms with Gasteiger partial charge in [-0.1, -0.05) is 11.6 Å². The molecule has 2 aromatic rings. The molecule has 8 nitrogen and oxygen atoms in total. The Morgan fingerprint density at radius 3 is 1.97 bits per heavy atom. The van der Waals surface area contributed by atoms with Crippen LogP contribution in [0.1, 0.15) is 6.92 Å². The van der Waals surface area contributed by atoms with Crippen LogP contribution in [-0.2, 0) is 24.7 Å². The first-order valence-electron chi connectivity index (χ1n) is 8.18. The van der Waals surface area contributed by atoms with E-state index in [0.717, 1.165) is 24.5 Å². The molecule has 170 valence electrons. The van der Waals surface area contributed by atoms with Gasteiger partial charge in [0, 0.05) is 11.9 Å². The monoisotopic (exact) mass is 500 g/mol. The molecule has 0 saturated carbocycles. The average molecular weight is 501 g/mol. The second kappa shape index (κ2) is 8.30. The number of hydrogen-bond acceptors (Lipinski definition) is 6. The van der Waals surface area contributed by atoms with Crippen molar-refractivity contribution in [3.63, 3.8) is 0 Å². The number of amides is 1. The Morgan fingerprint density at radius 2 is 1.52 bits per heavy atom. The molecule has 31 heavy (non-hydrogen) atoms. The Kier molecular flexibility index (Phi) is 6.67. The summed E-state index contributed by atoms with van der Waals surface area (Å²) < 4.78 is 88.3. The number of sulfonamides is 1. The zero-order valence-electron chi connectivity index (χ0n) is 15.9. The van der Waals surface area contributed by atoms with Crippen molar-refractivity contribution in [2.24, 2.45) is 0 Å². The van der Waals surface area contributed by atoms with Crippen molar-refractivity contribution in [1.82, 2.24) is 0 Å². The minimum Gasteiger partial charge on any atom is -0.373 e. The molecule has 0 aliphatic rings. The van der Waals surface area contributed by atoms with Crippen LogP contribution in [-0.4, -0.2) is 45.9 Å². The van der Waals surface area contributed by atoms with Gasteiger partial charge in [-0.15, -0.1) is 0 Å². The van der Waals surface area contributed by atoms with Crippen LogP contribution in [0.4, 0.5) is 24.5 Å². The van der Waals surface area contributed by atoms with Crippen molar-refractivity contribution >= 4 is 48.7 Å². The van der Waals surface area contributed by atoms with E-state index in [4.69, 9.17) is 11.6 Å². The molecule has 0 aliphatic heterocycles. The highest BCUT2D eigenvalue weighted by Crippen LogP contribution is 2.33. The number of rotatable bonds is 6. The number of hydrogen-bond donors (Lipinski definition) is 3. The largest absolute Gasteiger partial charge is 0.426 e. The number of aliphatic hydroxyl groups is 1. The molecule has 0 heterocycles. The molecule has 1 atom stereocenters. The number of carbonyl (C=O) groups is 1. The second-order valence-corrected chi connectivity index (χ2v) is 10.7. The van der Waals surface area contributed by atoms with Gasteiger partial charge in [-0.25, -0.2) is 16.8 Å². The Morgan fingerprint density at radius 1 is 1.00 bits per heavy atom. The van der Waals surface area contributed by atoms with Crippen molar-refractivity contribution in [2.45, 2.75) is 28.5 Å². The molecule has 2 aromatic carbocycles. The minimum absolute atomic E-state index is 0.0201. The molecule has 0 bridgehead atoms. The maximum Gasteiger partial charge on any atom is 0.426 e. The molecule has 2 rings (SSSR count). The minimum atomic E-state index is -5.25. The van der Waals surface area contributed by atoms with Crippen LogP contribution in [0.25, 0.3) is 0 Å². The summed E-state index contributed by atoms with van der Waals surface area (Å²) >= 11 is 5.88. The summed E-state index contributed by atoms with van der Waals surface area (Å²) in [6.45, 7) is 0.258. The molecule has 0 radical (unpaired) electrons. The van der Waals surface area contributed by atoms with E-state index in [1.165, 1.54) is 24.3 Å². The van der Waals surface area contributed by atoms with Crippen LogP contribution in [0.3, 0.4) is 0 Å². The Labute approximate surface area is 181 Å². The summed E-state index contributed by atoms with van der Waals surface area (Å²) in [5.74, 6) is -1.80. The van der Waals surface area contributed by atoms with Gasteiger partial charge in [-0.05, 0) is 49.4 Å². The summed E-state index contributed by atoms with van der Waals surface area (Å²) in [5.41, 5.74) is -4.00. The topological polar surface area (TPSA) is 130 Å². The molecule has 0 unspecified atom stereocenters. The summed E-state index contributed by atoms with van der Waals surface area (Å²) in [4.78, 5) is 11.3. The van der Waals surface area contributed by atoms with Crippen LogP contribution in [0, 0.1) is 0 Å². The molecule has 0 aliphatic carbocycles. The predicted molar refractivity (Wildman–Crippen MR) is 107 cm³/mol. The number of sulfone groups is 1. The fraction of sp³-hybridized carbons (Fsp3) is 0.235. The van der Waals surface area contributed by atoms with Gasteiger partial charge < -0.3 is 10.4 Å². The van der Waals surface area contributed by atoms with E-state index in [2.05, 4.69) is 4.72 Å². The zero-order chi connectivity index (χ0) is 23.8. The van der Waals surface area contributed by atoms with Crippen molar-refractivity contribution in [2.75, 3.05) is 16.3 Å². The van der Waals surface area contributed by atoms with Crippen molar-refractivity contribution < 1.29 is 39.9 Å². The number of alkyl halides is 3. The fourth-order valence-corrected chi connectivity index (χ4v) is 4.13. The third kappa shape index (κ3) is 5.67. The van der Waals surface area contributed by atoms with Crippen LogP contribution >= 0.6 is 11.6 Å². The molecule has 1 amide bonds. The summed E-state index contributed by atoms with van der Waals surface area (Å²) in [6.07, 6.45) is -4.26. The Balaban J connectivity index is 2.24. The highest BCUT2D eigenvalue weighted by Gasteiger charge is 2.55. The summed E-state index contributed by atoms with van der Waals surface area (Å²) in [6, 6.07) is 7.65. The Hall–Kier alpha value is -2.35. The lowest BCUT2D eigenvalue weighted by molar-refractivity contribution is -0.242. The van der Waals surface area contributed by atoms with E-state index in [0.29, 0.717) is 0 Å². The quantitative estimate of drug-likeness (QED) is 0.559. The molecule has 14 heteroatoms. The van der Waals surface area contributed by atoms with E-state index in [9.17, 15) is 39.9 Å². The first kappa shape index (κ1) is 24.9. The summed E-state index contributed by atoms with van der Waals surface area (Å²) in [5, 5.41) is 10.8. The van der Waals surface area contributed by atoms with Crippen molar-refractivity contribution in [3.05, 3.63) is 47.5 Å². The molecule has 0 saturated heterocycles. The number of halogens is 4. The van der Waals surface area contributed by atoms with Gasteiger partial charge in [0.2, 0.25) is 5.60 Å². The number of carbonyl (C=O) groups excluding carboxylic acids is 1. The van der Waals surface area contributed by atoms with Gasteiger partial charge >= 0.3 is 6.18 Å². The van der Waals surface area contributed by atoms with Gasteiger partial charge in [-0.3, -0.25) is 9.52 Å². The predicted octanol–water partition coefficient (Wildman–Crippen LogP) is 2.80. The normalized spacial score (nSPS) is 14.5. The maximum absolute atomic E-state index is 12.7. The molecule has 3 N–H and O–H groups in total. The standard InChI is InChI=1S/C17H16ClF3N2O6S2/c1-16(25,17(19,20)21)15(24)22-14-8-7-12(9-13(14)18)31(28,29)23-10-3-5-11(6-4-10)30(2,26)27/h3-9,23,25H,1-2H3,(H,22,24)/t16-/m1/s1. The first-order valence-corrected chi connectivity index (χ1v) is 11.9. The average Bonchev–Trinajstić information content (AvgIpc) is 2.61. The van der Waals surface area contributed by atoms with Crippen LogP contribution < -0.4 is 10.0 Å². The van der Waals surface area contributed by atoms with Crippen LogP contribution in [0.2, 0.25) is 5.02 Å². The van der Waals surface area contributed by atoms with E-state index >= 15 is 0 Å². The van der Waals surface area contributed by atoms with Gasteiger partial charge in [-0.2, -0.15) is 13.2 Å². The number of benzene rings is 2. The van der Waals surface area contributed by atoms with Gasteiger partial charge in [0.25, 0.3) is 15.9 Å². The SMILES string of the molecule is C[C@@](O)(C(=O)Nc1ccc(S(=O)(=O)Nc2ccc(S(C)(=O)=O)cc2)cc1Cl)C(F)(F)F. The number of nitrogens with one attached hydrogen (secondary N) is 2. The van der Waals surface area contributed by atoms with E-state index in [1.807, 2.05) is 0 Å². The molecular formula is C17H16ClF3N2O6S2. The van der Waals surface area contributed by atoms with Gasteiger partial charge in [0.05, 0.1) is 20.5 Å². The second-order valence-electron chi connectivity index (χ2n) is 6.57. The fourth-order valence-electron chi connectivity index (χ4n) is 2.12. The zero-order valence-corrected chi connectivity index (χ0v) is 18.2. The first-order chi connectivity index (χ1) is 13.9. The van der Waals surface area contributed by atoms with Gasteiger partial charge in [0.15, 0.2) is 9.84 Å². The maximum atomic E-state index is 12.7. The number of anilines is 2. The highest BCUT2D eigenvalue weighted by molar-refractivity contribution is 7.92. The third-order valence-electron chi connectivity index (χ3n) is 4.03. The highest BCUT2D eigenvalue weighted by atomic mass is 35.5. The van der Waals surface area contributed by atoms with Gasteiger partial charge in [0.1, 0.15) is 0 Å². The van der Waals surface area contributed by atoms with Crippen LogP contribution in [0.5, 0.6) is 0 Å². The Bertz CT molecular complexity index is 1210. The van der Waals surface area contributed by atoms with E-state index in [-0.39, 0.29) is 28.1 Å². The van der Waals surface area contributed by atoms with E-state index < -0.39 is 42.6 Å². The summed E-state index contributed by atoms with van der Waals surface area (Å²) in [7, 11) is -7.68. The third-order valence-corrected chi connectivity index (χ3v) is 6.85. The van der Waals surface area contributed by atoms with Crippen molar-refractivity contribution in [1.29, 1.82) is 0 Å². The lowest BCUT2D eigenvalue weighted by Crippen LogP contribution is -2.52. The lowest BCUT2D eigenvalue weighted by Gasteiger charge is -2.25. The lowest BCUT2D eigenvalue weighted by atomic mass is 10.1. The van der Waals surface area contributed by atoms with E-state index in [1.54, 1.807) is 5.32 Å². The molecule has 0 spiro atoms. The van der Waals surface area contributed by atoms with Crippen LogP contribution in [0.15, 0.2) is 52.3 Å². The molecular weight excluding hydrogens is 485 g/mol.